The summed E-state index contributed by atoms with van der Waals surface area (Å²) in [4.78, 5) is 12.1. The van der Waals surface area contributed by atoms with Crippen LogP contribution in [0.2, 0.25) is 0 Å². The van der Waals surface area contributed by atoms with E-state index in [1.54, 1.807) is 7.11 Å². The Kier molecular flexibility index (Phi) is 8.47. The summed E-state index contributed by atoms with van der Waals surface area (Å²) in [5.74, 6) is -0.0348. The van der Waals surface area contributed by atoms with Gasteiger partial charge in [0.1, 0.15) is 0 Å². The van der Waals surface area contributed by atoms with Crippen LogP contribution in [-0.4, -0.2) is 45.9 Å². The van der Waals surface area contributed by atoms with Gasteiger partial charge in [0, 0.05) is 38.1 Å². The Morgan fingerprint density at radius 2 is 2.05 bits per heavy atom. The van der Waals surface area contributed by atoms with E-state index in [1.165, 1.54) is 0 Å². The molecular formula is C16H26N2O3. The fourth-order valence-corrected chi connectivity index (χ4v) is 1.95. The van der Waals surface area contributed by atoms with Crippen molar-refractivity contribution in [2.45, 2.75) is 20.3 Å². The number of ether oxygens (including phenoxy) is 2. The summed E-state index contributed by atoms with van der Waals surface area (Å²) in [7, 11) is 1.65. The van der Waals surface area contributed by atoms with E-state index in [1.807, 2.05) is 32.0 Å². The largest absolute Gasteiger partial charge is 0.385 e. The normalized spacial score (nSPS) is 10.4. The second-order valence-electron chi connectivity index (χ2n) is 4.77. The number of nitrogens with one attached hydrogen (secondary N) is 2. The van der Waals surface area contributed by atoms with Crippen molar-refractivity contribution in [1.82, 2.24) is 5.32 Å². The van der Waals surface area contributed by atoms with Crippen molar-refractivity contribution in [3.63, 3.8) is 0 Å². The Labute approximate surface area is 127 Å². The van der Waals surface area contributed by atoms with Crippen LogP contribution in [-0.2, 0) is 9.47 Å². The highest BCUT2D eigenvalue weighted by Gasteiger charge is 2.08. The second-order valence-corrected chi connectivity index (χ2v) is 4.77. The average Bonchev–Trinajstić information content (AvgIpc) is 2.46. The number of amides is 1. The summed E-state index contributed by atoms with van der Waals surface area (Å²) >= 11 is 0. The lowest BCUT2D eigenvalue weighted by atomic mass is 10.1. The minimum atomic E-state index is -0.0348. The molecule has 1 aromatic carbocycles. The second kappa shape index (κ2) is 10.2. The van der Waals surface area contributed by atoms with Crippen LogP contribution in [0.15, 0.2) is 18.2 Å². The number of hydrogen-bond donors (Lipinski definition) is 2. The maximum atomic E-state index is 12.1. The Morgan fingerprint density at radius 3 is 2.71 bits per heavy atom. The molecule has 0 spiro atoms. The summed E-state index contributed by atoms with van der Waals surface area (Å²) in [6, 6.07) is 5.78. The molecule has 1 aromatic rings. The molecule has 118 valence electrons. The third kappa shape index (κ3) is 6.60. The maximum absolute atomic E-state index is 12.1. The monoisotopic (exact) mass is 294 g/mol. The molecule has 0 saturated heterocycles. The van der Waals surface area contributed by atoms with Gasteiger partial charge in [0.2, 0.25) is 0 Å². The molecule has 1 rings (SSSR count). The molecule has 0 heterocycles. The lowest BCUT2D eigenvalue weighted by Crippen LogP contribution is -2.26. The molecule has 0 aliphatic heterocycles. The first-order chi connectivity index (χ1) is 10.2. The van der Waals surface area contributed by atoms with E-state index in [2.05, 4.69) is 10.6 Å². The Balaban J connectivity index is 2.32. The molecule has 0 radical (unpaired) electrons. The fourth-order valence-electron chi connectivity index (χ4n) is 1.95. The van der Waals surface area contributed by atoms with Crippen LogP contribution in [0.1, 0.15) is 29.3 Å². The van der Waals surface area contributed by atoms with Gasteiger partial charge in [-0.2, -0.15) is 0 Å². The predicted octanol–water partition coefficient (Wildman–Crippen LogP) is 2.21. The number of benzene rings is 1. The van der Waals surface area contributed by atoms with Crippen molar-refractivity contribution in [1.29, 1.82) is 0 Å². The van der Waals surface area contributed by atoms with Crippen molar-refractivity contribution in [2.75, 3.05) is 45.3 Å². The van der Waals surface area contributed by atoms with Crippen LogP contribution < -0.4 is 10.6 Å². The minimum Gasteiger partial charge on any atom is -0.385 e. The number of anilines is 1. The lowest BCUT2D eigenvalue weighted by Gasteiger charge is -2.10. The smallest absolute Gasteiger partial charge is 0.251 e. The van der Waals surface area contributed by atoms with E-state index in [0.717, 1.165) is 29.8 Å². The van der Waals surface area contributed by atoms with Crippen molar-refractivity contribution in [3.8, 4) is 0 Å². The van der Waals surface area contributed by atoms with Crippen LogP contribution in [0.25, 0.3) is 0 Å². The van der Waals surface area contributed by atoms with Gasteiger partial charge in [-0.1, -0.05) is 0 Å². The molecular weight excluding hydrogens is 268 g/mol. The molecule has 5 nitrogen and oxygen atoms in total. The fraction of sp³-hybridized carbons (Fsp3) is 0.562. The number of methoxy groups -OCH3 is 1. The van der Waals surface area contributed by atoms with Crippen molar-refractivity contribution >= 4 is 11.6 Å². The first kappa shape index (κ1) is 17.5. The highest BCUT2D eigenvalue weighted by atomic mass is 16.5. The Bertz CT molecular complexity index is 436. The molecule has 1 amide bonds. The van der Waals surface area contributed by atoms with E-state index in [0.29, 0.717) is 26.4 Å². The number of carbonyl (C=O) groups excluding carboxylic acids is 1. The number of aryl methyl sites for hydroxylation is 1. The van der Waals surface area contributed by atoms with Crippen LogP contribution in [0, 0.1) is 6.92 Å². The first-order valence-electron chi connectivity index (χ1n) is 7.38. The average molecular weight is 294 g/mol. The molecule has 0 atom stereocenters. The van der Waals surface area contributed by atoms with Gasteiger partial charge in [-0.25, -0.2) is 0 Å². The van der Waals surface area contributed by atoms with E-state index < -0.39 is 0 Å². The van der Waals surface area contributed by atoms with Gasteiger partial charge in [-0.05, 0) is 44.0 Å². The van der Waals surface area contributed by atoms with Crippen molar-refractivity contribution < 1.29 is 14.3 Å². The van der Waals surface area contributed by atoms with Crippen LogP contribution in [0.4, 0.5) is 5.69 Å². The quantitative estimate of drug-likeness (QED) is 0.650. The summed E-state index contributed by atoms with van der Waals surface area (Å²) in [5, 5.41) is 6.14. The van der Waals surface area contributed by atoms with Crippen LogP contribution in [0.5, 0.6) is 0 Å². The summed E-state index contributed by atoms with van der Waals surface area (Å²) in [5.41, 5.74) is 2.73. The molecule has 0 aromatic heterocycles. The van der Waals surface area contributed by atoms with Gasteiger partial charge >= 0.3 is 0 Å². The molecule has 0 unspecified atom stereocenters. The van der Waals surface area contributed by atoms with E-state index in [4.69, 9.17) is 9.47 Å². The SMILES string of the molecule is CCNc1ccc(C(=O)NCCCOCCOC)c(C)c1. The summed E-state index contributed by atoms with van der Waals surface area (Å²) < 4.78 is 10.2. The zero-order chi connectivity index (χ0) is 15.5. The van der Waals surface area contributed by atoms with Gasteiger partial charge in [-0.3, -0.25) is 4.79 Å². The van der Waals surface area contributed by atoms with Crippen LogP contribution in [0.3, 0.4) is 0 Å². The van der Waals surface area contributed by atoms with Crippen molar-refractivity contribution in [2.24, 2.45) is 0 Å². The molecule has 0 bridgehead atoms. The van der Waals surface area contributed by atoms with Gasteiger partial charge in [0.05, 0.1) is 13.2 Å². The highest BCUT2D eigenvalue weighted by molar-refractivity contribution is 5.96. The van der Waals surface area contributed by atoms with Gasteiger partial charge < -0.3 is 20.1 Å². The van der Waals surface area contributed by atoms with E-state index >= 15 is 0 Å². The number of rotatable bonds is 10. The Morgan fingerprint density at radius 1 is 1.24 bits per heavy atom. The van der Waals surface area contributed by atoms with Gasteiger partial charge in [0.15, 0.2) is 0 Å². The third-order valence-electron chi connectivity index (χ3n) is 3.03. The lowest BCUT2D eigenvalue weighted by molar-refractivity contribution is 0.0688. The molecule has 0 aliphatic rings. The van der Waals surface area contributed by atoms with E-state index in [-0.39, 0.29) is 5.91 Å². The highest BCUT2D eigenvalue weighted by Crippen LogP contribution is 2.14. The zero-order valence-electron chi connectivity index (χ0n) is 13.2. The third-order valence-corrected chi connectivity index (χ3v) is 3.03. The van der Waals surface area contributed by atoms with Gasteiger partial charge in [-0.15, -0.1) is 0 Å². The first-order valence-corrected chi connectivity index (χ1v) is 7.38. The number of carbonyl (C=O) groups is 1. The zero-order valence-corrected chi connectivity index (χ0v) is 13.2. The predicted molar refractivity (Wildman–Crippen MR) is 85.0 cm³/mol. The molecule has 0 fully saturated rings. The van der Waals surface area contributed by atoms with Crippen LogP contribution >= 0.6 is 0 Å². The maximum Gasteiger partial charge on any atom is 0.251 e. The molecule has 0 aliphatic carbocycles. The molecule has 5 heteroatoms. The van der Waals surface area contributed by atoms with Gasteiger partial charge in [0.25, 0.3) is 5.91 Å². The van der Waals surface area contributed by atoms with Crippen molar-refractivity contribution in [3.05, 3.63) is 29.3 Å². The Hall–Kier alpha value is -1.59. The summed E-state index contributed by atoms with van der Waals surface area (Å²) in [6.07, 6.45) is 0.796. The summed E-state index contributed by atoms with van der Waals surface area (Å²) in [6.45, 7) is 7.30. The molecule has 2 N–H and O–H groups in total. The van der Waals surface area contributed by atoms with E-state index in [9.17, 15) is 4.79 Å². The topological polar surface area (TPSA) is 59.6 Å². The molecule has 0 saturated carbocycles. The molecule has 21 heavy (non-hydrogen) atoms. The minimum absolute atomic E-state index is 0.0348. The number of hydrogen-bond acceptors (Lipinski definition) is 4. The standard InChI is InChI=1S/C16H26N2O3/c1-4-17-14-6-7-15(13(2)12-14)16(19)18-8-5-9-21-11-10-20-3/h6-7,12,17H,4-5,8-11H2,1-3H3,(H,18,19).